The van der Waals surface area contributed by atoms with Crippen LogP contribution in [0.25, 0.3) is 0 Å². The minimum Gasteiger partial charge on any atom is -0.497 e. The third-order valence-electron chi connectivity index (χ3n) is 1.91. The molecule has 0 aliphatic heterocycles. The Morgan fingerprint density at radius 2 is 2.07 bits per heavy atom. The van der Waals surface area contributed by atoms with Crippen LogP contribution in [0.5, 0.6) is 11.5 Å². The van der Waals surface area contributed by atoms with Crippen molar-refractivity contribution in [3.63, 3.8) is 0 Å². The Balaban J connectivity index is 3.16. The van der Waals surface area contributed by atoms with Crippen molar-refractivity contribution in [2.24, 2.45) is 5.73 Å². The zero-order valence-corrected chi connectivity index (χ0v) is 8.15. The van der Waals surface area contributed by atoms with Gasteiger partial charge in [-0.05, 0) is 18.2 Å². The molecule has 4 nitrogen and oxygen atoms in total. The molecule has 0 heterocycles. The van der Waals surface area contributed by atoms with Crippen molar-refractivity contribution in [1.82, 2.24) is 0 Å². The maximum Gasteiger partial charge on any atom is 0.124 e. The molecule has 14 heavy (non-hydrogen) atoms. The molecule has 0 amide bonds. The molecule has 0 fully saturated rings. The van der Waals surface area contributed by atoms with Gasteiger partial charge in [-0.25, -0.2) is 0 Å². The van der Waals surface area contributed by atoms with E-state index >= 15 is 0 Å². The Morgan fingerprint density at radius 1 is 1.36 bits per heavy atom. The smallest absolute Gasteiger partial charge is 0.124 e. The molecule has 4 heteroatoms. The summed E-state index contributed by atoms with van der Waals surface area (Å²) in [5.41, 5.74) is 6.23. The van der Waals surface area contributed by atoms with Gasteiger partial charge in [-0.2, -0.15) is 5.26 Å². The van der Waals surface area contributed by atoms with Crippen LogP contribution in [0.3, 0.4) is 0 Å². The van der Waals surface area contributed by atoms with Crippen LogP contribution in [-0.4, -0.2) is 14.2 Å². The molecule has 0 aromatic heterocycles. The minimum absolute atomic E-state index is 0.597. The highest BCUT2D eigenvalue weighted by atomic mass is 16.5. The Hall–Kier alpha value is -1.73. The predicted molar refractivity (Wildman–Crippen MR) is 52.1 cm³/mol. The van der Waals surface area contributed by atoms with E-state index in [1.54, 1.807) is 25.3 Å². The SMILES string of the molecule is COc1ccc(OC)c(C(N)C#N)c1. The number of benzene rings is 1. The van der Waals surface area contributed by atoms with Gasteiger partial charge in [0, 0.05) is 5.56 Å². The van der Waals surface area contributed by atoms with Crippen molar-refractivity contribution in [3.05, 3.63) is 23.8 Å². The van der Waals surface area contributed by atoms with Gasteiger partial charge in [-0.15, -0.1) is 0 Å². The number of hydrogen-bond acceptors (Lipinski definition) is 4. The first-order chi connectivity index (χ1) is 6.72. The molecule has 0 radical (unpaired) electrons. The predicted octanol–water partition coefficient (Wildman–Crippen LogP) is 1.23. The molecular weight excluding hydrogens is 180 g/mol. The monoisotopic (exact) mass is 192 g/mol. The van der Waals surface area contributed by atoms with Gasteiger partial charge in [0.05, 0.1) is 20.3 Å². The van der Waals surface area contributed by atoms with Crippen molar-refractivity contribution in [3.8, 4) is 17.6 Å². The van der Waals surface area contributed by atoms with Gasteiger partial charge in [-0.1, -0.05) is 0 Å². The van der Waals surface area contributed by atoms with Crippen LogP contribution >= 0.6 is 0 Å². The molecule has 1 rings (SSSR count). The molecule has 0 saturated carbocycles. The van der Waals surface area contributed by atoms with Crippen LogP contribution in [0.4, 0.5) is 0 Å². The number of ether oxygens (including phenoxy) is 2. The fraction of sp³-hybridized carbons (Fsp3) is 0.300. The fourth-order valence-electron chi connectivity index (χ4n) is 1.15. The van der Waals surface area contributed by atoms with E-state index in [9.17, 15) is 0 Å². The topological polar surface area (TPSA) is 68.3 Å². The summed E-state index contributed by atoms with van der Waals surface area (Å²) in [5.74, 6) is 1.26. The molecule has 1 atom stereocenters. The van der Waals surface area contributed by atoms with E-state index in [0.717, 1.165) is 0 Å². The Morgan fingerprint density at radius 3 is 2.57 bits per heavy atom. The molecule has 0 bridgehead atoms. The molecule has 2 N–H and O–H groups in total. The number of hydrogen-bond donors (Lipinski definition) is 1. The summed E-state index contributed by atoms with van der Waals surface area (Å²) in [6.45, 7) is 0. The second-order valence-electron chi connectivity index (χ2n) is 2.71. The average molecular weight is 192 g/mol. The van der Waals surface area contributed by atoms with Crippen LogP contribution in [0.2, 0.25) is 0 Å². The number of nitriles is 1. The first kappa shape index (κ1) is 10.4. The van der Waals surface area contributed by atoms with E-state index in [1.807, 2.05) is 6.07 Å². The highest BCUT2D eigenvalue weighted by Gasteiger charge is 2.11. The van der Waals surface area contributed by atoms with Crippen molar-refractivity contribution in [2.75, 3.05) is 14.2 Å². The maximum absolute atomic E-state index is 8.70. The van der Waals surface area contributed by atoms with E-state index in [2.05, 4.69) is 0 Å². The third-order valence-corrected chi connectivity index (χ3v) is 1.91. The Kier molecular flexibility index (Phi) is 3.32. The van der Waals surface area contributed by atoms with Crippen molar-refractivity contribution >= 4 is 0 Å². The van der Waals surface area contributed by atoms with Gasteiger partial charge in [0.25, 0.3) is 0 Å². The summed E-state index contributed by atoms with van der Waals surface area (Å²) < 4.78 is 10.1. The normalized spacial score (nSPS) is 11.6. The molecule has 1 unspecified atom stereocenters. The lowest BCUT2D eigenvalue weighted by atomic mass is 10.1. The standard InChI is InChI=1S/C10H12N2O2/c1-13-7-3-4-10(14-2)8(5-7)9(12)6-11/h3-5,9H,12H2,1-2H3. The largest absolute Gasteiger partial charge is 0.497 e. The molecular formula is C10H12N2O2. The number of rotatable bonds is 3. The van der Waals surface area contributed by atoms with E-state index in [-0.39, 0.29) is 0 Å². The fourth-order valence-corrected chi connectivity index (χ4v) is 1.15. The second-order valence-corrected chi connectivity index (χ2v) is 2.71. The van der Waals surface area contributed by atoms with Crippen molar-refractivity contribution < 1.29 is 9.47 Å². The van der Waals surface area contributed by atoms with Crippen LogP contribution < -0.4 is 15.2 Å². The quantitative estimate of drug-likeness (QED) is 0.782. The van der Waals surface area contributed by atoms with E-state index in [4.69, 9.17) is 20.5 Å². The number of nitrogens with two attached hydrogens (primary N) is 1. The summed E-state index contributed by atoms with van der Waals surface area (Å²) >= 11 is 0. The summed E-state index contributed by atoms with van der Waals surface area (Å²) in [6, 6.07) is 6.44. The number of nitrogens with zero attached hydrogens (tertiary/aromatic N) is 1. The summed E-state index contributed by atoms with van der Waals surface area (Å²) in [7, 11) is 3.10. The summed E-state index contributed by atoms with van der Waals surface area (Å²) in [4.78, 5) is 0. The van der Waals surface area contributed by atoms with Gasteiger partial charge in [-0.3, -0.25) is 0 Å². The van der Waals surface area contributed by atoms with Gasteiger partial charge in [0.15, 0.2) is 0 Å². The van der Waals surface area contributed by atoms with Crippen LogP contribution in [-0.2, 0) is 0 Å². The van der Waals surface area contributed by atoms with Gasteiger partial charge in [0.2, 0.25) is 0 Å². The van der Waals surface area contributed by atoms with E-state index in [1.165, 1.54) is 7.11 Å². The zero-order chi connectivity index (χ0) is 10.6. The molecule has 0 spiro atoms. The zero-order valence-electron chi connectivity index (χ0n) is 8.15. The first-order valence-electron chi connectivity index (χ1n) is 4.10. The lowest BCUT2D eigenvalue weighted by Crippen LogP contribution is -2.09. The molecule has 0 saturated heterocycles. The van der Waals surface area contributed by atoms with Gasteiger partial charge >= 0.3 is 0 Å². The molecule has 0 aliphatic carbocycles. The van der Waals surface area contributed by atoms with Crippen molar-refractivity contribution in [1.29, 1.82) is 5.26 Å². The Bertz CT molecular complexity index is 358. The second kappa shape index (κ2) is 4.49. The molecule has 0 aliphatic rings. The number of methoxy groups -OCH3 is 2. The van der Waals surface area contributed by atoms with Crippen LogP contribution in [0.15, 0.2) is 18.2 Å². The first-order valence-corrected chi connectivity index (χ1v) is 4.10. The highest BCUT2D eigenvalue weighted by molar-refractivity contribution is 5.43. The van der Waals surface area contributed by atoms with Crippen LogP contribution in [0, 0.1) is 11.3 Å². The highest BCUT2D eigenvalue weighted by Crippen LogP contribution is 2.27. The summed E-state index contributed by atoms with van der Waals surface area (Å²) in [6.07, 6.45) is 0. The Labute approximate surface area is 82.9 Å². The summed E-state index contributed by atoms with van der Waals surface area (Å²) in [5, 5.41) is 8.70. The third kappa shape index (κ3) is 1.95. The molecule has 1 aromatic carbocycles. The molecule has 1 aromatic rings. The lowest BCUT2D eigenvalue weighted by Gasteiger charge is -2.11. The van der Waals surface area contributed by atoms with Crippen molar-refractivity contribution in [2.45, 2.75) is 6.04 Å². The van der Waals surface area contributed by atoms with E-state index < -0.39 is 6.04 Å². The van der Waals surface area contributed by atoms with Crippen LogP contribution in [0.1, 0.15) is 11.6 Å². The van der Waals surface area contributed by atoms with E-state index in [0.29, 0.717) is 17.1 Å². The minimum atomic E-state index is -0.694. The van der Waals surface area contributed by atoms with Gasteiger partial charge < -0.3 is 15.2 Å². The maximum atomic E-state index is 8.70. The average Bonchev–Trinajstić information content (AvgIpc) is 2.27. The lowest BCUT2D eigenvalue weighted by molar-refractivity contribution is 0.397. The molecule has 74 valence electrons. The van der Waals surface area contributed by atoms with Gasteiger partial charge in [0.1, 0.15) is 17.5 Å².